The zero-order valence-electron chi connectivity index (χ0n) is 8.42. The van der Waals surface area contributed by atoms with Gasteiger partial charge in [-0.15, -0.1) is 0 Å². The molecule has 0 radical (unpaired) electrons. The number of aromatic amines is 1. The lowest BCUT2D eigenvalue weighted by atomic mass is 10.1. The highest BCUT2D eigenvalue weighted by Crippen LogP contribution is 2.05. The van der Waals surface area contributed by atoms with Gasteiger partial charge < -0.3 is 15.6 Å². The van der Waals surface area contributed by atoms with E-state index < -0.39 is 0 Å². The lowest BCUT2D eigenvalue weighted by Crippen LogP contribution is -2.29. The Balaban J connectivity index is 1.73. The molecule has 14 heavy (non-hydrogen) atoms. The second kappa shape index (κ2) is 5.12. The smallest absolute Gasteiger partial charge is 0.120 e. The Kier molecular flexibility index (Phi) is 3.54. The van der Waals surface area contributed by atoms with Crippen molar-refractivity contribution in [3.63, 3.8) is 0 Å². The molecule has 4 heteroatoms. The van der Waals surface area contributed by atoms with Gasteiger partial charge in [0.2, 0.25) is 0 Å². The molecule has 1 fully saturated rings. The molecule has 1 saturated heterocycles. The summed E-state index contributed by atoms with van der Waals surface area (Å²) in [5.74, 6) is 1.03. The van der Waals surface area contributed by atoms with Crippen molar-refractivity contribution >= 4 is 0 Å². The van der Waals surface area contributed by atoms with Crippen LogP contribution in [0.5, 0.6) is 0 Å². The zero-order chi connectivity index (χ0) is 9.64. The first-order valence-corrected chi connectivity index (χ1v) is 5.37. The number of rotatable bonds is 3. The van der Waals surface area contributed by atoms with Gasteiger partial charge in [-0.25, -0.2) is 4.98 Å². The van der Waals surface area contributed by atoms with Crippen LogP contribution in [0.15, 0.2) is 12.4 Å². The summed E-state index contributed by atoms with van der Waals surface area (Å²) in [5, 5.41) is 6.94. The first-order chi connectivity index (χ1) is 6.95. The van der Waals surface area contributed by atoms with Crippen molar-refractivity contribution in [1.82, 2.24) is 20.6 Å². The summed E-state index contributed by atoms with van der Waals surface area (Å²) in [4.78, 5) is 7.29. The molecule has 78 valence electrons. The molecule has 0 bridgehead atoms. The summed E-state index contributed by atoms with van der Waals surface area (Å²) in [6.07, 6.45) is 7.43. The number of hydrogen-bond donors (Lipinski definition) is 3. The number of hydrogen-bond acceptors (Lipinski definition) is 3. The largest absolute Gasteiger partial charge is 0.348 e. The summed E-state index contributed by atoms with van der Waals surface area (Å²) >= 11 is 0. The molecular weight excluding hydrogens is 176 g/mol. The lowest BCUT2D eigenvalue weighted by Gasteiger charge is -2.14. The quantitative estimate of drug-likeness (QED) is 0.662. The van der Waals surface area contributed by atoms with Crippen LogP contribution in [0.4, 0.5) is 0 Å². The SMILES string of the molecule is c1c[nH]c(CNC2CCCNCC2)n1. The molecule has 1 atom stereocenters. The van der Waals surface area contributed by atoms with E-state index in [1.165, 1.54) is 25.8 Å². The van der Waals surface area contributed by atoms with Crippen LogP contribution in [0.3, 0.4) is 0 Å². The van der Waals surface area contributed by atoms with E-state index in [0.717, 1.165) is 18.9 Å². The van der Waals surface area contributed by atoms with Crippen LogP contribution in [-0.4, -0.2) is 29.1 Å². The molecule has 0 aromatic carbocycles. The molecule has 1 aliphatic rings. The summed E-state index contributed by atoms with van der Waals surface area (Å²) in [6, 6.07) is 0.648. The van der Waals surface area contributed by atoms with Crippen molar-refractivity contribution in [3.8, 4) is 0 Å². The van der Waals surface area contributed by atoms with Crippen molar-refractivity contribution in [2.75, 3.05) is 13.1 Å². The molecule has 2 heterocycles. The Morgan fingerprint density at radius 2 is 2.43 bits per heavy atom. The zero-order valence-corrected chi connectivity index (χ0v) is 8.42. The van der Waals surface area contributed by atoms with Crippen LogP contribution in [0.2, 0.25) is 0 Å². The maximum absolute atomic E-state index is 4.19. The molecule has 1 aromatic rings. The molecular formula is C10H18N4. The number of imidazole rings is 1. The van der Waals surface area contributed by atoms with Crippen molar-refractivity contribution in [1.29, 1.82) is 0 Å². The molecule has 3 N–H and O–H groups in total. The molecule has 1 aliphatic heterocycles. The van der Waals surface area contributed by atoms with Gasteiger partial charge in [-0.1, -0.05) is 0 Å². The summed E-state index contributed by atoms with van der Waals surface area (Å²) < 4.78 is 0. The van der Waals surface area contributed by atoms with E-state index in [0.29, 0.717) is 6.04 Å². The van der Waals surface area contributed by atoms with E-state index in [2.05, 4.69) is 20.6 Å². The van der Waals surface area contributed by atoms with Crippen LogP contribution in [0.25, 0.3) is 0 Å². The number of aromatic nitrogens is 2. The van der Waals surface area contributed by atoms with Crippen molar-refractivity contribution in [3.05, 3.63) is 18.2 Å². The van der Waals surface area contributed by atoms with E-state index in [1.807, 2.05) is 6.20 Å². The standard InChI is InChI=1S/C10H18N4/c1-2-9(3-5-11-4-1)14-8-10-12-6-7-13-10/h6-7,9,11,14H,1-5,8H2,(H,12,13). The fraction of sp³-hybridized carbons (Fsp3) is 0.700. The fourth-order valence-corrected chi connectivity index (χ4v) is 1.86. The Hall–Kier alpha value is -0.870. The second-order valence-electron chi connectivity index (χ2n) is 3.79. The van der Waals surface area contributed by atoms with Crippen LogP contribution in [-0.2, 0) is 6.54 Å². The normalized spacial score (nSPS) is 23.3. The van der Waals surface area contributed by atoms with Crippen molar-refractivity contribution in [2.45, 2.75) is 31.8 Å². The van der Waals surface area contributed by atoms with Gasteiger partial charge in [-0.3, -0.25) is 0 Å². The van der Waals surface area contributed by atoms with Crippen LogP contribution in [0.1, 0.15) is 25.1 Å². The number of nitrogens with zero attached hydrogens (tertiary/aromatic N) is 1. The first-order valence-electron chi connectivity index (χ1n) is 5.37. The third kappa shape index (κ3) is 2.82. The average molecular weight is 194 g/mol. The van der Waals surface area contributed by atoms with Crippen molar-refractivity contribution < 1.29 is 0 Å². The van der Waals surface area contributed by atoms with E-state index >= 15 is 0 Å². The number of nitrogens with one attached hydrogen (secondary N) is 3. The van der Waals surface area contributed by atoms with E-state index in [-0.39, 0.29) is 0 Å². The molecule has 2 rings (SSSR count). The predicted molar refractivity (Wildman–Crippen MR) is 55.9 cm³/mol. The molecule has 0 spiro atoms. The third-order valence-electron chi connectivity index (χ3n) is 2.69. The summed E-state index contributed by atoms with van der Waals surface area (Å²) in [6.45, 7) is 3.16. The van der Waals surface area contributed by atoms with Gasteiger partial charge in [0.1, 0.15) is 5.82 Å². The number of H-pyrrole nitrogens is 1. The summed E-state index contributed by atoms with van der Waals surface area (Å²) in [5.41, 5.74) is 0. The van der Waals surface area contributed by atoms with Crippen LogP contribution >= 0.6 is 0 Å². The van der Waals surface area contributed by atoms with Gasteiger partial charge in [0.25, 0.3) is 0 Å². The topological polar surface area (TPSA) is 52.7 Å². The monoisotopic (exact) mass is 194 g/mol. The first kappa shape index (κ1) is 9.68. The molecule has 0 aliphatic carbocycles. The maximum atomic E-state index is 4.19. The highest BCUT2D eigenvalue weighted by atomic mass is 15.0. The Morgan fingerprint density at radius 1 is 1.43 bits per heavy atom. The third-order valence-corrected chi connectivity index (χ3v) is 2.69. The van der Waals surface area contributed by atoms with Gasteiger partial charge in [0, 0.05) is 18.4 Å². The van der Waals surface area contributed by atoms with Crippen molar-refractivity contribution in [2.24, 2.45) is 0 Å². The van der Waals surface area contributed by atoms with Gasteiger partial charge in [-0.2, -0.15) is 0 Å². The maximum Gasteiger partial charge on any atom is 0.120 e. The molecule has 1 aromatic heterocycles. The second-order valence-corrected chi connectivity index (χ2v) is 3.79. The van der Waals surface area contributed by atoms with Gasteiger partial charge in [0.15, 0.2) is 0 Å². The highest BCUT2D eigenvalue weighted by Gasteiger charge is 2.10. The summed E-state index contributed by atoms with van der Waals surface area (Å²) in [7, 11) is 0. The van der Waals surface area contributed by atoms with Gasteiger partial charge in [0.05, 0.1) is 6.54 Å². The van der Waals surface area contributed by atoms with Gasteiger partial charge >= 0.3 is 0 Å². The Morgan fingerprint density at radius 3 is 3.29 bits per heavy atom. The van der Waals surface area contributed by atoms with Crippen LogP contribution in [0, 0.1) is 0 Å². The minimum absolute atomic E-state index is 0.648. The average Bonchev–Trinajstić information content (AvgIpc) is 2.58. The molecule has 0 amide bonds. The van der Waals surface area contributed by atoms with Crippen LogP contribution < -0.4 is 10.6 Å². The molecule has 0 saturated carbocycles. The van der Waals surface area contributed by atoms with E-state index in [9.17, 15) is 0 Å². The Labute approximate surface area is 84.5 Å². The molecule has 4 nitrogen and oxygen atoms in total. The van der Waals surface area contributed by atoms with E-state index in [1.54, 1.807) is 6.20 Å². The van der Waals surface area contributed by atoms with E-state index in [4.69, 9.17) is 0 Å². The highest BCUT2D eigenvalue weighted by molar-refractivity contribution is 4.87. The lowest BCUT2D eigenvalue weighted by molar-refractivity contribution is 0.462. The molecule has 1 unspecified atom stereocenters. The predicted octanol–water partition coefficient (Wildman–Crippen LogP) is 0.641. The Bertz CT molecular complexity index is 237. The fourth-order valence-electron chi connectivity index (χ4n) is 1.86. The van der Waals surface area contributed by atoms with Gasteiger partial charge in [-0.05, 0) is 32.4 Å². The minimum Gasteiger partial charge on any atom is -0.348 e. The minimum atomic E-state index is 0.648.